The summed E-state index contributed by atoms with van der Waals surface area (Å²) in [4.78, 5) is 0. The summed E-state index contributed by atoms with van der Waals surface area (Å²) < 4.78 is 0. The highest BCUT2D eigenvalue weighted by atomic mass is 14.8. The van der Waals surface area contributed by atoms with Gasteiger partial charge in [0, 0.05) is 0 Å². The molecular formula is C10H21N. The molecule has 0 amide bonds. The van der Waals surface area contributed by atoms with Crippen LogP contribution in [0.1, 0.15) is 33.1 Å². The molecule has 1 heteroatoms. The van der Waals surface area contributed by atoms with E-state index in [2.05, 4.69) is 26.2 Å². The molecule has 0 spiro atoms. The summed E-state index contributed by atoms with van der Waals surface area (Å²) in [6.07, 6.45) is 4.20. The van der Waals surface area contributed by atoms with Crippen molar-refractivity contribution in [2.45, 2.75) is 33.1 Å². The van der Waals surface area contributed by atoms with Gasteiger partial charge in [0.15, 0.2) is 0 Å². The monoisotopic (exact) mass is 155 g/mol. The second-order valence-corrected chi connectivity index (χ2v) is 3.75. The van der Waals surface area contributed by atoms with Crippen LogP contribution >= 0.6 is 0 Å². The molecule has 1 aliphatic carbocycles. The van der Waals surface area contributed by atoms with Crippen LogP contribution in [0.15, 0.2) is 0 Å². The van der Waals surface area contributed by atoms with E-state index in [1.807, 2.05) is 0 Å². The minimum Gasteiger partial charge on any atom is -0.319 e. The van der Waals surface area contributed by atoms with Gasteiger partial charge in [-0.05, 0) is 31.3 Å². The largest absolute Gasteiger partial charge is 0.319 e. The van der Waals surface area contributed by atoms with Crippen LogP contribution in [0.2, 0.25) is 0 Å². The van der Waals surface area contributed by atoms with Crippen LogP contribution in [0, 0.1) is 17.8 Å². The molecule has 2 unspecified atom stereocenters. The first-order valence-electron chi connectivity index (χ1n) is 4.99. The summed E-state index contributed by atoms with van der Waals surface area (Å²) in [7, 11) is 2.06. The lowest BCUT2D eigenvalue weighted by atomic mass is 10.2. The van der Waals surface area contributed by atoms with Crippen molar-refractivity contribution >= 4 is 0 Å². The number of hydrogen-bond donors (Lipinski definition) is 1. The van der Waals surface area contributed by atoms with Gasteiger partial charge in [0.2, 0.25) is 0 Å². The normalized spacial score (nSPS) is 35.7. The van der Waals surface area contributed by atoms with E-state index in [9.17, 15) is 0 Å². The van der Waals surface area contributed by atoms with E-state index in [1.54, 1.807) is 0 Å². The standard InChI is InChI=1S/C10H21N/c1-4-6-9-8(5-2)10(9)7-11-3/h8-11H,4-7H2,1-3H3/t8?,9-,10?/m1/s1. The van der Waals surface area contributed by atoms with Crippen molar-refractivity contribution in [2.24, 2.45) is 17.8 Å². The molecule has 0 aromatic carbocycles. The molecule has 1 rings (SSSR count). The predicted octanol–water partition coefficient (Wildman–Crippen LogP) is 2.28. The van der Waals surface area contributed by atoms with E-state index in [-0.39, 0.29) is 0 Å². The minimum absolute atomic E-state index is 1.00. The van der Waals surface area contributed by atoms with E-state index in [0.29, 0.717) is 0 Å². The second-order valence-electron chi connectivity index (χ2n) is 3.75. The van der Waals surface area contributed by atoms with Gasteiger partial charge in [0.1, 0.15) is 0 Å². The van der Waals surface area contributed by atoms with Crippen LogP contribution in [0.25, 0.3) is 0 Å². The van der Waals surface area contributed by atoms with Crippen LogP contribution < -0.4 is 5.32 Å². The molecule has 1 saturated carbocycles. The molecule has 11 heavy (non-hydrogen) atoms. The summed E-state index contributed by atoms with van der Waals surface area (Å²) in [5.41, 5.74) is 0. The zero-order chi connectivity index (χ0) is 8.27. The predicted molar refractivity (Wildman–Crippen MR) is 49.6 cm³/mol. The Labute approximate surface area is 70.6 Å². The fourth-order valence-corrected chi connectivity index (χ4v) is 2.43. The minimum atomic E-state index is 1.00. The Morgan fingerprint density at radius 2 is 1.82 bits per heavy atom. The number of rotatable bonds is 5. The maximum absolute atomic E-state index is 3.28. The lowest BCUT2D eigenvalue weighted by Crippen LogP contribution is -2.11. The van der Waals surface area contributed by atoms with Crippen LogP contribution in [0.3, 0.4) is 0 Å². The van der Waals surface area contributed by atoms with E-state index < -0.39 is 0 Å². The van der Waals surface area contributed by atoms with Gasteiger partial charge in [-0.15, -0.1) is 0 Å². The zero-order valence-electron chi connectivity index (χ0n) is 8.06. The highest BCUT2D eigenvalue weighted by Gasteiger charge is 2.46. The average Bonchev–Trinajstić information content (AvgIpc) is 2.65. The molecule has 0 aromatic heterocycles. The van der Waals surface area contributed by atoms with Crippen molar-refractivity contribution in [3.05, 3.63) is 0 Å². The third-order valence-electron chi connectivity index (χ3n) is 3.04. The molecule has 1 aliphatic rings. The van der Waals surface area contributed by atoms with E-state index in [0.717, 1.165) is 17.8 Å². The topological polar surface area (TPSA) is 12.0 Å². The number of hydrogen-bond acceptors (Lipinski definition) is 1. The summed E-state index contributed by atoms with van der Waals surface area (Å²) in [6.45, 7) is 5.85. The van der Waals surface area contributed by atoms with Gasteiger partial charge >= 0.3 is 0 Å². The highest BCUT2D eigenvalue weighted by molar-refractivity contribution is 4.96. The van der Waals surface area contributed by atoms with Gasteiger partial charge in [0.05, 0.1) is 0 Å². The van der Waals surface area contributed by atoms with Crippen LogP contribution in [-0.4, -0.2) is 13.6 Å². The van der Waals surface area contributed by atoms with Crippen molar-refractivity contribution in [1.82, 2.24) is 5.32 Å². The van der Waals surface area contributed by atoms with Crippen LogP contribution in [-0.2, 0) is 0 Å². The Morgan fingerprint density at radius 3 is 2.27 bits per heavy atom. The zero-order valence-corrected chi connectivity index (χ0v) is 8.06. The van der Waals surface area contributed by atoms with Gasteiger partial charge in [0.25, 0.3) is 0 Å². The Balaban J connectivity index is 2.21. The van der Waals surface area contributed by atoms with Crippen molar-refractivity contribution < 1.29 is 0 Å². The first-order valence-corrected chi connectivity index (χ1v) is 4.99. The lowest BCUT2D eigenvalue weighted by molar-refractivity contribution is 0.603. The average molecular weight is 155 g/mol. The molecule has 1 fully saturated rings. The fourth-order valence-electron chi connectivity index (χ4n) is 2.43. The van der Waals surface area contributed by atoms with Crippen molar-refractivity contribution in [1.29, 1.82) is 0 Å². The molecule has 1 nitrogen and oxygen atoms in total. The maximum Gasteiger partial charge on any atom is -0.00180 e. The summed E-state index contributed by atoms with van der Waals surface area (Å²) >= 11 is 0. The Morgan fingerprint density at radius 1 is 1.09 bits per heavy atom. The molecule has 0 saturated heterocycles. The van der Waals surface area contributed by atoms with Gasteiger partial charge in [-0.1, -0.05) is 33.1 Å². The molecule has 0 bridgehead atoms. The Hall–Kier alpha value is -0.0400. The van der Waals surface area contributed by atoms with Crippen molar-refractivity contribution in [3.8, 4) is 0 Å². The summed E-state index contributed by atoms with van der Waals surface area (Å²) in [5, 5.41) is 3.28. The molecule has 0 aliphatic heterocycles. The van der Waals surface area contributed by atoms with Gasteiger partial charge in [-0.2, -0.15) is 0 Å². The SMILES string of the molecule is CCC[C@@H]1C(CC)C1CNC. The molecule has 66 valence electrons. The van der Waals surface area contributed by atoms with Crippen LogP contribution in [0.5, 0.6) is 0 Å². The van der Waals surface area contributed by atoms with Gasteiger partial charge < -0.3 is 5.32 Å². The fraction of sp³-hybridized carbons (Fsp3) is 1.00. The molecule has 1 N–H and O–H groups in total. The quantitative estimate of drug-likeness (QED) is 0.642. The molecule has 3 atom stereocenters. The van der Waals surface area contributed by atoms with E-state index in [4.69, 9.17) is 0 Å². The summed E-state index contributed by atoms with van der Waals surface area (Å²) in [5.74, 6) is 3.10. The smallest absolute Gasteiger partial charge is 0.00180 e. The summed E-state index contributed by atoms with van der Waals surface area (Å²) in [6, 6.07) is 0. The first-order chi connectivity index (χ1) is 5.35. The van der Waals surface area contributed by atoms with Gasteiger partial charge in [-0.25, -0.2) is 0 Å². The van der Waals surface area contributed by atoms with E-state index in [1.165, 1.54) is 25.8 Å². The Kier molecular flexibility index (Phi) is 3.38. The van der Waals surface area contributed by atoms with Crippen LogP contribution in [0.4, 0.5) is 0 Å². The molecule has 0 heterocycles. The third kappa shape index (κ3) is 1.96. The van der Waals surface area contributed by atoms with E-state index >= 15 is 0 Å². The molecule has 0 radical (unpaired) electrons. The molecular weight excluding hydrogens is 134 g/mol. The highest BCUT2D eigenvalue weighted by Crippen LogP contribution is 2.50. The lowest BCUT2D eigenvalue weighted by Gasteiger charge is -1.94. The number of nitrogens with one attached hydrogen (secondary N) is 1. The van der Waals surface area contributed by atoms with Crippen molar-refractivity contribution in [3.63, 3.8) is 0 Å². The molecule has 0 aromatic rings. The first kappa shape index (κ1) is 9.05. The third-order valence-corrected chi connectivity index (χ3v) is 3.04. The second kappa shape index (κ2) is 4.10. The van der Waals surface area contributed by atoms with Crippen molar-refractivity contribution in [2.75, 3.05) is 13.6 Å². The maximum atomic E-state index is 3.28. The van der Waals surface area contributed by atoms with Gasteiger partial charge in [-0.3, -0.25) is 0 Å². The Bertz CT molecular complexity index is 99.4.